The van der Waals surface area contributed by atoms with Crippen molar-refractivity contribution < 1.29 is 9.52 Å². The van der Waals surface area contributed by atoms with E-state index in [0.29, 0.717) is 6.42 Å². The minimum atomic E-state index is 0.116. The molecule has 0 spiro atoms. The second-order valence-corrected chi connectivity index (χ2v) is 1.79. The lowest BCUT2D eigenvalue weighted by Crippen LogP contribution is -1.75. The zero-order chi connectivity index (χ0) is 7.23. The summed E-state index contributed by atoms with van der Waals surface area (Å²) in [7, 11) is 0. The zero-order valence-electron chi connectivity index (χ0n) is 5.50. The van der Waals surface area contributed by atoms with Gasteiger partial charge >= 0.3 is 0 Å². The van der Waals surface area contributed by atoms with Crippen LogP contribution < -0.4 is 0 Å². The Morgan fingerprint density at radius 2 is 2.50 bits per heavy atom. The second-order valence-electron chi connectivity index (χ2n) is 1.79. The average molecular weight is 136 g/mol. The van der Waals surface area contributed by atoms with Gasteiger partial charge in [-0.15, -0.1) is 0 Å². The van der Waals surface area contributed by atoms with Gasteiger partial charge in [0.1, 0.15) is 6.26 Å². The molecular weight excluding hydrogens is 128 g/mol. The highest BCUT2D eigenvalue weighted by molar-refractivity contribution is 5.29. The first-order valence-corrected chi connectivity index (χ1v) is 3.05. The van der Waals surface area contributed by atoms with Crippen molar-refractivity contribution in [2.45, 2.75) is 6.42 Å². The highest BCUT2D eigenvalue weighted by Gasteiger charge is 1.83. The number of hydrogen-bond donors (Lipinski definition) is 1. The fourth-order valence-electron chi connectivity index (χ4n) is 0.556. The quantitative estimate of drug-likeness (QED) is 0.584. The molecule has 1 N–H and O–H groups in total. The van der Waals surface area contributed by atoms with E-state index in [4.69, 9.17) is 9.52 Å². The normalized spacial score (nSPS) is 8.50. The highest BCUT2D eigenvalue weighted by Crippen LogP contribution is 1.95. The Balaban J connectivity index is 2.49. The lowest BCUT2D eigenvalue weighted by Gasteiger charge is -1.76. The van der Waals surface area contributed by atoms with Crippen molar-refractivity contribution in [3.63, 3.8) is 0 Å². The van der Waals surface area contributed by atoms with Crippen LogP contribution in [0.5, 0.6) is 0 Å². The van der Waals surface area contributed by atoms with Crippen LogP contribution in [-0.4, -0.2) is 11.7 Å². The molecule has 0 fully saturated rings. The molecule has 0 bridgehead atoms. The summed E-state index contributed by atoms with van der Waals surface area (Å²) in [4.78, 5) is 0. The van der Waals surface area contributed by atoms with E-state index in [1.54, 1.807) is 18.6 Å². The Morgan fingerprint density at radius 1 is 1.60 bits per heavy atom. The molecule has 0 aliphatic heterocycles. The summed E-state index contributed by atoms with van der Waals surface area (Å²) in [6.07, 6.45) is 3.67. The molecule has 52 valence electrons. The Kier molecular flexibility index (Phi) is 2.60. The highest BCUT2D eigenvalue weighted by atomic mass is 16.3. The lowest BCUT2D eigenvalue weighted by molar-refractivity contribution is 0.305. The van der Waals surface area contributed by atoms with Crippen molar-refractivity contribution >= 4 is 0 Å². The van der Waals surface area contributed by atoms with Gasteiger partial charge in [-0.3, -0.25) is 0 Å². The van der Waals surface area contributed by atoms with E-state index in [9.17, 15) is 0 Å². The van der Waals surface area contributed by atoms with E-state index in [0.717, 1.165) is 5.56 Å². The molecule has 0 unspecified atom stereocenters. The maximum absolute atomic E-state index is 8.37. The van der Waals surface area contributed by atoms with Gasteiger partial charge < -0.3 is 9.52 Å². The summed E-state index contributed by atoms with van der Waals surface area (Å²) in [5.74, 6) is 5.60. The first-order chi connectivity index (χ1) is 4.93. The molecule has 0 saturated carbocycles. The van der Waals surface area contributed by atoms with Crippen LogP contribution in [0.3, 0.4) is 0 Å². The van der Waals surface area contributed by atoms with E-state index >= 15 is 0 Å². The molecule has 2 heteroatoms. The fraction of sp³-hybridized carbons (Fsp3) is 0.250. The van der Waals surface area contributed by atoms with Gasteiger partial charge in [0, 0.05) is 6.42 Å². The minimum Gasteiger partial charge on any atom is -0.471 e. The fourth-order valence-corrected chi connectivity index (χ4v) is 0.556. The average Bonchev–Trinajstić information content (AvgIpc) is 2.41. The number of aliphatic hydroxyl groups excluding tert-OH is 1. The van der Waals surface area contributed by atoms with E-state index in [1.165, 1.54) is 0 Å². The summed E-state index contributed by atoms with van der Waals surface area (Å²) >= 11 is 0. The molecule has 0 amide bonds. The predicted molar refractivity (Wildman–Crippen MR) is 37.3 cm³/mol. The first-order valence-electron chi connectivity index (χ1n) is 3.05. The van der Waals surface area contributed by atoms with Gasteiger partial charge in [0.05, 0.1) is 18.4 Å². The zero-order valence-corrected chi connectivity index (χ0v) is 5.50. The summed E-state index contributed by atoms with van der Waals surface area (Å²) in [6.45, 7) is 0.116. The largest absolute Gasteiger partial charge is 0.471 e. The Morgan fingerprint density at radius 3 is 3.10 bits per heavy atom. The molecule has 0 radical (unpaired) electrons. The summed E-state index contributed by atoms with van der Waals surface area (Å²) in [5.41, 5.74) is 0.855. The maximum Gasteiger partial charge on any atom is 0.106 e. The lowest BCUT2D eigenvalue weighted by atomic mass is 10.3. The van der Waals surface area contributed by atoms with Gasteiger partial charge in [-0.2, -0.15) is 0 Å². The Hall–Kier alpha value is -1.20. The number of aliphatic hydroxyl groups is 1. The molecule has 0 aliphatic rings. The molecule has 0 aromatic carbocycles. The number of rotatable bonds is 1. The van der Waals surface area contributed by atoms with E-state index in [-0.39, 0.29) is 6.61 Å². The van der Waals surface area contributed by atoms with E-state index in [1.807, 2.05) is 0 Å². The van der Waals surface area contributed by atoms with Crippen LogP contribution in [-0.2, 0) is 0 Å². The van der Waals surface area contributed by atoms with Crippen LogP contribution >= 0.6 is 0 Å². The summed E-state index contributed by atoms with van der Waals surface area (Å²) in [6, 6.07) is 1.78. The predicted octanol–water partition coefficient (Wildman–Crippen LogP) is 1.01. The van der Waals surface area contributed by atoms with Gasteiger partial charge in [-0.25, -0.2) is 0 Å². The van der Waals surface area contributed by atoms with Crippen LogP contribution in [0.2, 0.25) is 0 Å². The molecule has 1 heterocycles. The molecule has 1 aromatic rings. The SMILES string of the molecule is OCCC#Cc1ccoc1. The van der Waals surface area contributed by atoms with Crippen molar-refractivity contribution in [1.29, 1.82) is 0 Å². The van der Waals surface area contributed by atoms with Gasteiger partial charge in [0.25, 0.3) is 0 Å². The third kappa shape index (κ3) is 1.96. The molecule has 10 heavy (non-hydrogen) atoms. The van der Waals surface area contributed by atoms with Crippen molar-refractivity contribution in [1.82, 2.24) is 0 Å². The van der Waals surface area contributed by atoms with E-state index in [2.05, 4.69) is 11.8 Å². The van der Waals surface area contributed by atoms with Crippen LogP contribution in [0.1, 0.15) is 12.0 Å². The van der Waals surface area contributed by atoms with Crippen LogP contribution in [0.25, 0.3) is 0 Å². The number of furan rings is 1. The molecule has 0 saturated heterocycles. The van der Waals surface area contributed by atoms with E-state index < -0.39 is 0 Å². The molecule has 1 rings (SSSR count). The minimum absolute atomic E-state index is 0.116. The smallest absolute Gasteiger partial charge is 0.106 e. The maximum atomic E-state index is 8.37. The molecule has 0 aliphatic carbocycles. The van der Waals surface area contributed by atoms with Gasteiger partial charge in [0.15, 0.2) is 0 Å². The van der Waals surface area contributed by atoms with Gasteiger partial charge in [0.2, 0.25) is 0 Å². The first kappa shape index (κ1) is 6.91. The third-order valence-corrected chi connectivity index (χ3v) is 0.991. The van der Waals surface area contributed by atoms with Crippen molar-refractivity contribution in [2.24, 2.45) is 0 Å². The summed E-state index contributed by atoms with van der Waals surface area (Å²) < 4.78 is 4.78. The standard InChI is InChI=1S/C8H8O2/c9-5-2-1-3-8-4-6-10-7-8/h4,6-7,9H,2,5H2. The van der Waals surface area contributed by atoms with Gasteiger partial charge in [-0.1, -0.05) is 11.8 Å². The van der Waals surface area contributed by atoms with Crippen LogP contribution in [0, 0.1) is 11.8 Å². The molecular formula is C8H8O2. The molecule has 0 atom stereocenters. The monoisotopic (exact) mass is 136 g/mol. The second kappa shape index (κ2) is 3.76. The Bertz CT molecular complexity index is 226. The number of hydrogen-bond acceptors (Lipinski definition) is 2. The van der Waals surface area contributed by atoms with Crippen LogP contribution in [0.4, 0.5) is 0 Å². The van der Waals surface area contributed by atoms with Crippen molar-refractivity contribution in [3.05, 3.63) is 24.2 Å². The topological polar surface area (TPSA) is 33.4 Å². The van der Waals surface area contributed by atoms with Crippen molar-refractivity contribution in [3.8, 4) is 11.8 Å². The van der Waals surface area contributed by atoms with Gasteiger partial charge in [-0.05, 0) is 6.07 Å². The summed E-state index contributed by atoms with van der Waals surface area (Å²) in [5, 5.41) is 8.37. The molecule has 2 nitrogen and oxygen atoms in total. The molecule has 1 aromatic heterocycles. The Labute approximate surface area is 59.5 Å². The van der Waals surface area contributed by atoms with Crippen LogP contribution in [0.15, 0.2) is 23.0 Å². The third-order valence-electron chi connectivity index (χ3n) is 0.991. The van der Waals surface area contributed by atoms with Crippen molar-refractivity contribution in [2.75, 3.05) is 6.61 Å².